The molecule has 0 aliphatic heterocycles. The molecule has 1 nitrogen and oxygen atoms in total. The number of hydrogen-bond acceptors (Lipinski definition) is 2. The van der Waals surface area contributed by atoms with Crippen molar-refractivity contribution < 1.29 is 26.3 Å². The Hall–Kier alpha value is -2.48. The van der Waals surface area contributed by atoms with Gasteiger partial charge in [0, 0.05) is 16.0 Å². The minimum atomic E-state index is -4.48. The van der Waals surface area contributed by atoms with Gasteiger partial charge in [-0.1, -0.05) is 24.3 Å². The lowest BCUT2D eigenvalue weighted by atomic mass is 10.0. The van der Waals surface area contributed by atoms with Crippen molar-refractivity contribution in [2.75, 3.05) is 6.26 Å². The van der Waals surface area contributed by atoms with Gasteiger partial charge in [-0.3, -0.25) is 0 Å². The van der Waals surface area contributed by atoms with Crippen LogP contribution in [0, 0.1) is 0 Å². The van der Waals surface area contributed by atoms with Gasteiger partial charge >= 0.3 is 12.4 Å². The Kier molecular flexibility index (Phi) is 5.43. The Morgan fingerprint density at radius 1 is 0.679 bits per heavy atom. The third-order valence-corrected chi connectivity index (χ3v) is 4.74. The van der Waals surface area contributed by atoms with Crippen LogP contribution in [0.15, 0.2) is 65.6 Å². The van der Waals surface area contributed by atoms with Crippen molar-refractivity contribution in [2.24, 2.45) is 0 Å². The average molecular weight is 413 g/mol. The predicted octanol–water partition coefficient (Wildman–Crippen LogP) is 7.18. The van der Waals surface area contributed by atoms with E-state index >= 15 is 0 Å². The molecular formula is C20H13F6NS. The van der Waals surface area contributed by atoms with Gasteiger partial charge in [-0.25, -0.2) is 4.98 Å². The summed E-state index contributed by atoms with van der Waals surface area (Å²) < 4.78 is 77.2. The Bertz CT molecular complexity index is 977. The maximum absolute atomic E-state index is 13.0. The topological polar surface area (TPSA) is 12.9 Å². The molecule has 0 amide bonds. The predicted molar refractivity (Wildman–Crippen MR) is 96.9 cm³/mol. The number of alkyl halides is 6. The molecule has 1 heterocycles. The van der Waals surface area contributed by atoms with Crippen LogP contribution in [0.5, 0.6) is 0 Å². The average Bonchev–Trinajstić information content (AvgIpc) is 2.66. The zero-order valence-corrected chi connectivity index (χ0v) is 15.2. The quantitative estimate of drug-likeness (QED) is 0.333. The summed E-state index contributed by atoms with van der Waals surface area (Å²) in [5.41, 5.74) is -0.162. The normalized spacial score (nSPS) is 12.2. The Labute approximate surface area is 161 Å². The van der Waals surface area contributed by atoms with E-state index in [1.807, 2.05) is 0 Å². The molecule has 0 bridgehead atoms. The number of rotatable bonds is 3. The Balaban J connectivity index is 2.06. The summed E-state index contributed by atoms with van der Waals surface area (Å²) in [7, 11) is 0. The fraction of sp³-hybridized carbons (Fsp3) is 0.150. The minimum Gasteiger partial charge on any atom is -0.248 e. The molecule has 0 radical (unpaired) electrons. The Morgan fingerprint density at radius 3 is 1.79 bits per heavy atom. The molecule has 0 saturated carbocycles. The number of aromatic nitrogens is 1. The van der Waals surface area contributed by atoms with E-state index in [2.05, 4.69) is 4.98 Å². The first-order valence-corrected chi connectivity index (χ1v) is 9.22. The van der Waals surface area contributed by atoms with Crippen LogP contribution in [0.3, 0.4) is 0 Å². The van der Waals surface area contributed by atoms with Gasteiger partial charge in [0.15, 0.2) is 0 Å². The second-order valence-electron chi connectivity index (χ2n) is 5.93. The first kappa shape index (κ1) is 20.3. The summed E-state index contributed by atoms with van der Waals surface area (Å²) in [4.78, 5) is 5.11. The van der Waals surface area contributed by atoms with E-state index in [0.717, 1.165) is 29.2 Å². The molecule has 0 unspecified atom stereocenters. The van der Waals surface area contributed by atoms with Crippen molar-refractivity contribution >= 4 is 11.8 Å². The summed E-state index contributed by atoms with van der Waals surface area (Å²) in [5, 5.41) is 0. The van der Waals surface area contributed by atoms with Crippen molar-refractivity contribution in [1.29, 1.82) is 0 Å². The van der Waals surface area contributed by atoms with E-state index in [1.165, 1.54) is 36.0 Å². The van der Waals surface area contributed by atoms with Gasteiger partial charge in [0.25, 0.3) is 0 Å². The lowest BCUT2D eigenvalue weighted by Crippen LogP contribution is -2.05. The fourth-order valence-electron chi connectivity index (χ4n) is 2.60. The van der Waals surface area contributed by atoms with E-state index in [1.54, 1.807) is 18.4 Å². The van der Waals surface area contributed by atoms with E-state index in [0.29, 0.717) is 17.0 Å². The number of nitrogens with zero attached hydrogens (tertiary/aromatic N) is 1. The molecule has 2 aromatic carbocycles. The van der Waals surface area contributed by atoms with Gasteiger partial charge in [0.05, 0.1) is 22.5 Å². The van der Waals surface area contributed by atoms with Crippen LogP contribution in [-0.2, 0) is 12.4 Å². The molecule has 0 N–H and O–H groups in total. The lowest BCUT2D eigenvalue weighted by Gasteiger charge is -2.12. The molecule has 0 saturated heterocycles. The first-order chi connectivity index (χ1) is 13.1. The standard InChI is InChI=1S/C20H13F6NS/c1-28-16-10-17(12-5-7-14(8-6-12)19(21,22)23)27-18(11-16)13-3-2-4-15(9-13)20(24,25)26/h2-11H,1H3. The first-order valence-electron chi connectivity index (χ1n) is 7.99. The molecule has 146 valence electrons. The number of thioether (sulfide) groups is 1. The van der Waals surface area contributed by atoms with Crippen LogP contribution in [-0.4, -0.2) is 11.2 Å². The van der Waals surface area contributed by atoms with Gasteiger partial charge in [-0.15, -0.1) is 11.8 Å². The zero-order valence-electron chi connectivity index (χ0n) is 14.4. The molecule has 0 spiro atoms. The second-order valence-corrected chi connectivity index (χ2v) is 6.81. The highest BCUT2D eigenvalue weighted by molar-refractivity contribution is 7.98. The van der Waals surface area contributed by atoms with Crippen molar-refractivity contribution in [3.8, 4) is 22.5 Å². The Morgan fingerprint density at radius 2 is 1.25 bits per heavy atom. The summed E-state index contributed by atoms with van der Waals surface area (Å²) in [6, 6.07) is 12.6. The smallest absolute Gasteiger partial charge is 0.248 e. The largest absolute Gasteiger partial charge is 0.416 e. The minimum absolute atomic E-state index is 0.277. The third kappa shape index (κ3) is 4.49. The van der Waals surface area contributed by atoms with Crippen LogP contribution >= 0.6 is 11.8 Å². The molecule has 28 heavy (non-hydrogen) atoms. The monoisotopic (exact) mass is 413 g/mol. The highest BCUT2D eigenvalue weighted by Gasteiger charge is 2.31. The summed E-state index contributed by atoms with van der Waals surface area (Å²) >= 11 is 1.36. The maximum Gasteiger partial charge on any atom is 0.416 e. The second kappa shape index (κ2) is 7.50. The van der Waals surface area contributed by atoms with Gasteiger partial charge in [0.2, 0.25) is 0 Å². The van der Waals surface area contributed by atoms with E-state index in [9.17, 15) is 26.3 Å². The van der Waals surface area contributed by atoms with E-state index in [4.69, 9.17) is 0 Å². The van der Waals surface area contributed by atoms with Crippen LogP contribution in [0.1, 0.15) is 11.1 Å². The zero-order chi connectivity index (χ0) is 20.5. The molecule has 0 atom stereocenters. The van der Waals surface area contributed by atoms with Gasteiger partial charge < -0.3 is 0 Å². The molecule has 0 fully saturated rings. The molecule has 8 heteroatoms. The molecular weight excluding hydrogens is 400 g/mol. The number of benzene rings is 2. The van der Waals surface area contributed by atoms with Crippen LogP contribution in [0.2, 0.25) is 0 Å². The summed E-state index contributed by atoms with van der Waals surface area (Å²) in [5.74, 6) is 0. The van der Waals surface area contributed by atoms with Crippen molar-refractivity contribution in [2.45, 2.75) is 17.2 Å². The number of halogens is 6. The maximum atomic E-state index is 13.0. The van der Waals surface area contributed by atoms with Crippen molar-refractivity contribution in [3.05, 3.63) is 71.8 Å². The molecule has 0 aliphatic rings. The van der Waals surface area contributed by atoms with Crippen molar-refractivity contribution in [1.82, 2.24) is 4.98 Å². The van der Waals surface area contributed by atoms with Crippen LogP contribution in [0.4, 0.5) is 26.3 Å². The van der Waals surface area contributed by atoms with Crippen molar-refractivity contribution in [3.63, 3.8) is 0 Å². The summed E-state index contributed by atoms with van der Waals surface area (Å²) in [6.07, 6.45) is -7.14. The number of hydrogen-bond donors (Lipinski definition) is 0. The van der Waals surface area contributed by atoms with Gasteiger partial charge in [0.1, 0.15) is 0 Å². The third-order valence-electron chi connectivity index (χ3n) is 4.03. The molecule has 0 aliphatic carbocycles. The summed E-state index contributed by atoms with van der Waals surface area (Å²) in [6.45, 7) is 0. The molecule has 3 aromatic rings. The highest BCUT2D eigenvalue weighted by atomic mass is 32.2. The van der Waals surface area contributed by atoms with Gasteiger partial charge in [-0.05, 0) is 42.7 Å². The van der Waals surface area contributed by atoms with E-state index < -0.39 is 23.5 Å². The molecule has 3 rings (SSSR count). The van der Waals surface area contributed by atoms with E-state index in [-0.39, 0.29) is 5.56 Å². The van der Waals surface area contributed by atoms with Crippen LogP contribution in [0.25, 0.3) is 22.5 Å². The lowest BCUT2D eigenvalue weighted by molar-refractivity contribution is -0.138. The highest BCUT2D eigenvalue weighted by Crippen LogP contribution is 2.35. The van der Waals surface area contributed by atoms with Gasteiger partial charge in [-0.2, -0.15) is 26.3 Å². The number of pyridine rings is 1. The SMILES string of the molecule is CSc1cc(-c2ccc(C(F)(F)F)cc2)nc(-c2cccc(C(F)(F)F)c2)c1. The fourth-order valence-corrected chi connectivity index (χ4v) is 3.06. The van der Waals surface area contributed by atoms with Crippen LogP contribution < -0.4 is 0 Å². The molecule has 1 aromatic heterocycles.